The van der Waals surface area contributed by atoms with Gasteiger partial charge in [0.05, 0.1) is 0 Å². The average Bonchev–Trinajstić information content (AvgIpc) is 2.20. The first kappa shape index (κ1) is 14.9. The van der Waals surface area contributed by atoms with Gasteiger partial charge in [0.25, 0.3) is 0 Å². The van der Waals surface area contributed by atoms with E-state index in [0.29, 0.717) is 6.04 Å². The van der Waals surface area contributed by atoms with E-state index < -0.39 is 0 Å². The van der Waals surface area contributed by atoms with Gasteiger partial charge in [0, 0.05) is 6.04 Å². The van der Waals surface area contributed by atoms with Crippen LogP contribution in [0.25, 0.3) is 0 Å². The van der Waals surface area contributed by atoms with E-state index in [0.717, 1.165) is 6.54 Å². The molecule has 0 saturated carbocycles. The summed E-state index contributed by atoms with van der Waals surface area (Å²) in [5.41, 5.74) is 0. The first-order valence-corrected chi connectivity index (χ1v) is 6.71. The van der Waals surface area contributed by atoms with Crippen LogP contribution in [0.15, 0.2) is 0 Å². The minimum atomic E-state index is 0.644. The Balaban J connectivity index is 2.87. The minimum Gasteiger partial charge on any atom is -0.317 e. The van der Waals surface area contributed by atoms with Crippen LogP contribution in [0.2, 0.25) is 0 Å². The predicted octanol–water partition coefficient (Wildman–Crippen LogP) is 2.93. The molecule has 0 aromatic rings. The molecule has 15 heavy (non-hydrogen) atoms. The molecule has 0 radical (unpaired) electrons. The lowest BCUT2D eigenvalue weighted by molar-refractivity contribution is 0.528. The van der Waals surface area contributed by atoms with Gasteiger partial charge in [-0.25, -0.2) is 0 Å². The molecule has 0 bridgehead atoms. The molecule has 2 nitrogen and oxygen atoms in total. The minimum absolute atomic E-state index is 0.644. The molecule has 2 N–H and O–H groups in total. The third-order valence-corrected chi connectivity index (χ3v) is 2.58. The molecule has 0 spiro atoms. The van der Waals surface area contributed by atoms with Crippen molar-refractivity contribution in [3.8, 4) is 0 Å². The summed E-state index contributed by atoms with van der Waals surface area (Å²) in [5.74, 6) is 0. The largest absolute Gasteiger partial charge is 0.317 e. The summed E-state index contributed by atoms with van der Waals surface area (Å²) >= 11 is 0. The van der Waals surface area contributed by atoms with Crippen LogP contribution in [0, 0.1) is 0 Å². The zero-order chi connectivity index (χ0) is 11.4. The molecule has 0 unspecified atom stereocenters. The topological polar surface area (TPSA) is 24.1 Å². The number of rotatable bonds is 11. The Morgan fingerprint density at radius 2 is 1.33 bits per heavy atom. The van der Waals surface area contributed by atoms with Gasteiger partial charge in [-0.05, 0) is 32.5 Å². The molecule has 0 aliphatic rings. The quantitative estimate of drug-likeness (QED) is 0.517. The molecule has 0 rings (SSSR count). The molecule has 0 aliphatic heterocycles. The van der Waals surface area contributed by atoms with Crippen molar-refractivity contribution < 1.29 is 0 Å². The Morgan fingerprint density at radius 1 is 0.800 bits per heavy atom. The highest BCUT2D eigenvalue weighted by Gasteiger charge is 1.93. The lowest BCUT2D eigenvalue weighted by Gasteiger charge is -2.07. The number of nitrogens with one attached hydrogen (secondary N) is 2. The van der Waals surface area contributed by atoms with Crippen LogP contribution in [0.1, 0.15) is 59.3 Å². The van der Waals surface area contributed by atoms with Crippen LogP contribution in [0.4, 0.5) is 0 Å². The van der Waals surface area contributed by atoms with Gasteiger partial charge in [0.1, 0.15) is 0 Å². The Labute approximate surface area is 96.2 Å². The van der Waals surface area contributed by atoms with Crippen molar-refractivity contribution in [2.75, 3.05) is 19.6 Å². The van der Waals surface area contributed by atoms with Crippen LogP contribution in [0.3, 0.4) is 0 Å². The molecule has 0 saturated heterocycles. The molecule has 0 heterocycles. The zero-order valence-electron chi connectivity index (χ0n) is 10.9. The SMILES string of the molecule is CCNCCCCCCCCNC(C)C. The lowest BCUT2D eigenvalue weighted by atomic mass is 10.1. The van der Waals surface area contributed by atoms with E-state index in [1.165, 1.54) is 51.6 Å². The second kappa shape index (κ2) is 12.0. The van der Waals surface area contributed by atoms with Crippen molar-refractivity contribution in [3.63, 3.8) is 0 Å². The van der Waals surface area contributed by atoms with Gasteiger partial charge in [-0.15, -0.1) is 0 Å². The summed E-state index contributed by atoms with van der Waals surface area (Å²) in [5, 5.41) is 6.82. The summed E-state index contributed by atoms with van der Waals surface area (Å²) in [6.07, 6.45) is 8.29. The molecule has 0 aliphatic carbocycles. The molecular formula is C13H30N2. The highest BCUT2D eigenvalue weighted by Crippen LogP contribution is 2.04. The smallest absolute Gasteiger partial charge is 0.00103 e. The van der Waals surface area contributed by atoms with Crippen molar-refractivity contribution >= 4 is 0 Å². The van der Waals surface area contributed by atoms with Crippen LogP contribution in [-0.4, -0.2) is 25.7 Å². The van der Waals surface area contributed by atoms with Gasteiger partial charge in [-0.1, -0.05) is 46.5 Å². The van der Waals surface area contributed by atoms with Gasteiger partial charge in [0.15, 0.2) is 0 Å². The summed E-state index contributed by atoms with van der Waals surface area (Å²) < 4.78 is 0. The van der Waals surface area contributed by atoms with E-state index >= 15 is 0 Å². The number of unbranched alkanes of at least 4 members (excludes halogenated alkanes) is 5. The monoisotopic (exact) mass is 214 g/mol. The first-order chi connectivity index (χ1) is 7.27. The molecule has 0 atom stereocenters. The van der Waals surface area contributed by atoms with E-state index in [9.17, 15) is 0 Å². The lowest BCUT2D eigenvalue weighted by Crippen LogP contribution is -2.23. The summed E-state index contributed by atoms with van der Waals surface area (Å²) in [7, 11) is 0. The predicted molar refractivity (Wildman–Crippen MR) is 69.4 cm³/mol. The van der Waals surface area contributed by atoms with Crippen LogP contribution >= 0.6 is 0 Å². The second-order valence-corrected chi connectivity index (χ2v) is 4.58. The average molecular weight is 214 g/mol. The molecule has 2 heteroatoms. The summed E-state index contributed by atoms with van der Waals surface area (Å²) in [6, 6.07) is 0.644. The standard InChI is InChI=1S/C13H30N2/c1-4-14-11-9-7-5-6-8-10-12-15-13(2)3/h13-15H,4-12H2,1-3H3. The normalized spacial score (nSPS) is 11.2. The fourth-order valence-electron chi connectivity index (χ4n) is 1.65. The van der Waals surface area contributed by atoms with Crippen molar-refractivity contribution in [1.29, 1.82) is 0 Å². The Bertz CT molecular complexity index is 113. The van der Waals surface area contributed by atoms with Crippen LogP contribution in [0.5, 0.6) is 0 Å². The highest BCUT2D eigenvalue weighted by atomic mass is 14.9. The number of hydrogen-bond donors (Lipinski definition) is 2. The van der Waals surface area contributed by atoms with Crippen LogP contribution in [-0.2, 0) is 0 Å². The summed E-state index contributed by atoms with van der Waals surface area (Å²) in [4.78, 5) is 0. The van der Waals surface area contributed by atoms with Gasteiger partial charge in [-0.2, -0.15) is 0 Å². The van der Waals surface area contributed by atoms with E-state index in [-0.39, 0.29) is 0 Å². The first-order valence-electron chi connectivity index (χ1n) is 6.71. The van der Waals surface area contributed by atoms with Crippen molar-refractivity contribution in [2.24, 2.45) is 0 Å². The third-order valence-electron chi connectivity index (χ3n) is 2.58. The summed E-state index contributed by atoms with van der Waals surface area (Å²) in [6.45, 7) is 10.1. The van der Waals surface area contributed by atoms with Crippen molar-refractivity contribution in [2.45, 2.75) is 65.3 Å². The Morgan fingerprint density at radius 3 is 1.87 bits per heavy atom. The van der Waals surface area contributed by atoms with Gasteiger partial charge >= 0.3 is 0 Å². The third kappa shape index (κ3) is 13.9. The molecule has 0 amide bonds. The molecule has 0 aromatic heterocycles. The van der Waals surface area contributed by atoms with E-state index in [4.69, 9.17) is 0 Å². The molecule has 0 fully saturated rings. The maximum absolute atomic E-state index is 3.45. The van der Waals surface area contributed by atoms with Crippen molar-refractivity contribution in [1.82, 2.24) is 10.6 Å². The van der Waals surface area contributed by atoms with Crippen molar-refractivity contribution in [3.05, 3.63) is 0 Å². The van der Waals surface area contributed by atoms with E-state index in [1.807, 2.05) is 0 Å². The Kier molecular flexibility index (Phi) is 11.9. The molecular weight excluding hydrogens is 184 g/mol. The van der Waals surface area contributed by atoms with E-state index in [1.54, 1.807) is 0 Å². The van der Waals surface area contributed by atoms with Crippen LogP contribution < -0.4 is 10.6 Å². The molecule has 92 valence electrons. The fraction of sp³-hybridized carbons (Fsp3) is 1.00. The van der Waals surface area contributed by atoms with Gasteiger partial charge in [0.2, 0.25) is 0 Å². The fourth-order valence-corrected chi connectivity index (χ4v) is 1.65. The maximum atomic E-state index is 3.45. The van der Waals surface area contributed by atoms with Gasteiger partial charge < -0.3 is 10.6 Å². The zero-order valence-corrected chi connectivity index (χ0v) is 10.9. The Hall–Kier alpha value is -0.0800. The molecule has 0 aromatic carbocycles. The number of hydrogen-bond acceptors (Lipinski definition) is 2. The second-order valence-electron chi connectivity index (χ2n) is 4.58. The van der Waals surface area contributed by atoms with E-state index in [2.05, 4.69) is 31.4 Å². The maximum Gasteiger partial charge on any atom is 0.00103 e. The van der Waals surface area contributed by atoms with Gasteiger partial charge in [-0.3, -0.25) is 0 Å². The highest BCUT2D eigenvalue weighted by molar-refractivity contribution is 4.53.